The number of Topliss-reactive ketones (excluding diaryl/α,β-unsaturated/α-hetero) is 1. The highest BCUT2D eigenvalue weighted by atomic mass is 32.3. The Morgan fingerprint density at radius 1 is 1.19 bits per heavy atom. The van der Waals surface area contributed by atoms with Crippen molar-refractivity contribution in [2.45, 2.75) is 43.9 Å². The van der Waals surface area contributed by atoms with Crippen molar-refractivity contribution in [2.75, 3.05) is 11.1 Å². The van der Waals surface area contributed by atoms with Crippen LogP contribution in [0.1, 0.15) is 44.7 Å². The molecule has 0 amide bonds. The van der Waals surface area contributed by atoms with Gasteiger partial charge in [0, 0.05) is 11.3 Å². The van der Waals surface area contributed by atoms with Gasteiger partial charge in [0.05, 0.1) is 11.1 Å². The molecule has 0 unspecified atom stereocenters. The second-order valence-corrected chi connectivity index (χ2v) is 10.4. The number of aliphatic hydroxyl groups excluding tert-OH is 1. The van der Waals surface area contributed by atoms with Gasteiger partial charge in [-0.05, 0) is 49.4 Å². The Kier molecular flexibility index (Phi) is 5.12. The van der Waals surface area contributed by atoms with Crippen LogP contribution in [0.3, 0.4) is 0 Å². The minimum absolute atomic E-state index is 0.0348. The molecule has 0 radical (unpaired) electrons. The van der Waals surface area contributed by atoms with E-state index in [4.69, 9.17) is 5.73 Å². The van der Waals surface area contributed by atoms with E-state index < -0.39 is 16.2 Å². The molecule has 0 bridgehead atoms. The van der Waals surface area contributed by atoms with Gasteiger partial charge < -0.3 is 16.2 Å². The van der Waals surface area contributed by atoms with Gasteiger partial charge in [-0.15, -0.1) is 4.40 Å². The molecule has 1 aliphatic heterocycles. The average Bonchev–Trinajstić information content (AvgIpc) is 2.71. The summed E-state index contributed by atoms with van der Waals surface area (Å²) in [5, 5.41) is 14.1. The van der Waals surface area contributed by atoms with Crippen molar-refractivity contribution in [1.29, 1.82) is 0 Å². The number of benzene rings is 2. The molecule has 8 heteroatoms. The van der Waals surface area contributed by atoms with Crippen LogP contribution in [0.2, 0.25) is 0 Å². The number of nitrogens with one attached hydrogen (secondary N) is 1. The number of nitrogen functional groups attached to an aromatic ring is 1. The van der Waals surface area contributed by atoms with Crippen LogP contribution in [-0.2, 0) is 10.2 Å². The van der Waals surface area contributed by atoms with Crippen molar-refractivity contribution in [3.05, 3.63) is 59.2 Å². The number of hydrogen-bond acceptors (Lipinski definition) is 7. The first-order valence-corrected chi connectivity index (χ1v) is 11.7. The summed E-state index contributed by atoms with van der Waals surface area (Å²) in [5.41, 5.74) is 6.93. The van der Waals surface area contributed by atoms with Crippen LogP contribution in [0.15, 0.2) is 57.3 Å². The first-order valence-electron chi connectivity index (χ1n) is 10.2. The lowest BCUT2D eigenvalue weighted by atomic mass is 9.66. The van der Waals surface area contributed by atoms with Gasteiger partial charge in [-0.2, -0.15) is 0 Å². The molecule has 2 aliphatic rings. The van der Waals surface area contributed by atoms with Crippen molar-refractivity contribution in [2.24, 2.45) is 10.3 Å². The predicted molar refractivity (Wildman–Crippen MR) is 125 cm³/mol. The first kappa shape index (κ1) is 21.4. The maximum atomic E-state index is 13.8. The fraction of sp³-hybridized carbons (Fsp3) is 0.304. The highest BCUT2D eigenvalue weighted by Crippen LogP contribution is 2.56. The third-order valence-electron chi connectivity index (χ3n) is 5.97. The second-order valence-electron chi connectivity index (χ2n) is 8.70. The Balaban J connectivity index is 1.88. The molecule has 2 aromatic carbocycles. The molecule has 0 aromatic heterocycles. The quantitative estimate of drug-likeness (QED) is 0.406. The van der Waals surface area contributed by atoms with Crippen LogP contribution in [0.4, 0.5) is 11.4 Å². The molecular formula is C23H27N3O4S. The van der Waals surface area contributed by atoms with E-state index in [0.717, 1.165) is 12.0 Å². The molecule has 164 valence electrons. The van der Waals surface area contributed by atoms with Crippen molar-refractivity contribution >= 4 is 39.5 Å². The number of nitrogens with two attached hydrogens (primary N) is 1. The Hall–Kier alpha value is -2.81. The SMILES string of the molecule is CC(C)CC[C@]1(C)C(=O)C(C2=NS(O)(O)c3cc(N)ccc3N2)=C(O)c2ccccc21. The van der Waals surface area contributed by atoms with E-state index in [1.165, 1.54) is 6.07 Å². The van der Waals surface area contributed by atoms with E-state index >= 15 is 0 Å². The molecular weight excluding hydrogens is 414 g/mol. The number of ketones is 1. The molecule has 1 aliphatic carbocycles. The van der Waals surface area contributed by atoms with Crippen molar-refractivity contribution in [1.82, 2.24) is 0 Å². The monoisotopic (exact) mass is 441 g/mol. The summed E-state index contributed by atoms with van der Waals surface area (Å²) in [4.78, 5) is 14.0. The van der Waals surface area contributed by atoms with E-state index in [0.29, 0.717) is 29.3 Å². The van der Waals surface area contributed by atoms with Crippen LogP contribution < -0.4 is 11.1 Å². The van der Waals surface area contributed by atoms with Gasteiger partial charge in [-0.3, -0.25) is 13.9 Å². The molecule has 1 atom stereocenters. The number of carbonyl (C=O) groups excluding carboxylic acids is 1. The summed E-state index contributed by atoms with van der Waals surface area (Å²) in [6.07, 6.45) is 1.41. The van der Waals surface area contributed by atoms with E-state index in [1.54, 1.807) is 24.3 Å². The van der Waals surface area contributed by atoms with Gasteiger partial charge >= 0.3 is 0 Å². The lowest BCUT2D eigenvalue weighted by Gasteiger charge is -2.39. The topological polar surface area (TPSA) is 128 Å². The van der Waals surface area contributed by atoms with Crippen molar-refractivity contribution in [3.8, 4) is 0 Å². The molecule has 2 aromatic rings. The number of carbonyl (C=O) groups is 1. The molecule has 0 spiro atoms. The van der Waals surface area contributed by atoms with Crippen LogP contribution in [0.25, 0.3) is 5.76 Å². The maximum absolute atomic E-state index is 13.8. The smallest absolute Gasteiger partial charge is 0.180 e. The average molecular weight is 442 g/mol. The van der Waals surface area contributed by atoms with E-state index in [1.807, 2.05) is 19.1 Å². The standard InChI is InChI=1S/C23H27N3O4S/c1-13(2)10-11-23(3)16-7-5-4-6-15(16)20(27)19(21(23)28)22-25-17-9-8-14(24)12-18(17)31(29,30)26-22/h4-9,12-13,27,29-30H,10-11,24H2,1-3H3,(H,25,26)/t23-/m0/s1. The summed E-state index contributed by atoms with van der Waals surface area (Å²) in [5.74, 6) is -0.174. The van der Waals surface area contributed by atoms with Crippen molar-refractivity contribution < 1.29 is 19.0 Å². The number of nitrogens with zero attached hydrogens (tertiary/aromatic N) is 1. The third kappa shape index (κ3) is 3.50. The lowest BCUT2D eigenvalue weighted by molar-refractivity contribution is -0.120. The second kappa shape index (κ2) is 7.40. The Morgan fingerprint density at radius 3 is 2.61 bits per heavy atom. The largest absolute Gasteiger partial charge is 0.506 e. The fourth-order valence-electron chi connectivity index (χ4n) is 4.16. The highest BCUT2D eigenvalue weighted by Gasteiger charge is 2.46. The van der Waals surface area contributed by atoms with Gasteiger partial charge in [0.1, 0.15) is 16.2 Å². The molecule has 7 nitrogen and oxygen atoms in total. The summed E-state index contributed by atoms with van der Waals surface area (Å²) in [6.45, 7) is 6.07. The summed E-state index contributed by atoms with van der Waals surface area (Å²) >= 11 is 0. The Bertz CT molecular complexity index is 1140. The summed E-state index contributed by atoms with van der Waals surface area (Å²) in [6, 6.07) is 11.9. The first-order chi connectivity index (χ1) is 14.5. The molecule has 0 fully saturated rings. The van der Waals surface area contributed by atoms with Crippen LogP contribution in [-0.4, -0.2) is 25.8 Å². The van der Waals surface area contributed by atoms with Gasteiger partial charge in [0.25, 0.3) is 0 Å². The van der Waals surface area contributed by atoms with Gasteiger partial charge in [0.15, 0.2) is 11.6 Å². The van der Waals surface area contributed by atoms with E-state index in [-0.39, 0.29) is 27.8 Å². The van der Waals surface area contributed by atoms with E-state index in [2.05, 4.69) is 23.6 Å². The fourth-order valence-corrected chi connectivity index (χ4v) is 5.36. The lowest BCUT2D eigenvalue weighted by Crippen LogP contribution is -2.42. The van der Waals surface area contributed by atoms with Crippen molar-refractivity contribution in [3.63, 3.8) is 0 Å². The Labute approximate surface area is 183 Å². The molecule has 0 saturated heterocycles. The maximum Gasteiger partial charge on any atom is 0.180 e. The number of hydrogen-bond donors (Lipinski definition) is 5. The zero-order valence-corrected chi connectivity index (χ0v) is 18.5. The Morgan fingerprint density at radius 2 is 1.90 bits per heavy atom. The molecule has 31 heavy (non-hydrogen) atoms. The molecule has 4 rings (SSSR count). The minimum Gasteiger partial charge on any atom is -0.506 e. The summed E-state index contributed by atoms with van der Waals surface area (Å²) in [7, 11) is -3.60. The zero-order chi connectivity index (χ0) is 22.6. The van der Waals surface area contributed by atoms with Gasteiger partial charge in [0.2, 0.25) is 0 Å². The van der Waals surface area contributed by atoms with E-state index in [9.17, 15) is 19.0 Å². The highest BCUT2D eigenvalue weighted by molar-refractivity contribution is 8.23. The number of rotatable bonds is 4. The normalized spacial score (nSPS) is 23.0. The molecule has 1 heterocycles. The van der Waals surface area contributed by atoms with Crippen LogP contribution >= 0.6 is 10.8 Å². The van der Waals surface area contributed by atoms with Gasteiger partial charge in [-0.25, -0.2) is 0 Å². The number of amidine groups is 1. The van der Waals surface area contributed by atoms with Gasteiger partial charge in [-0.1, -0.05) is 48.9 Å². The number of fused-ring (bicyclic) bond motifs is 2. The molecule has 6 N–H and O–H groups in total. The van der Waals surface area contributed by atoms with Crippen LogP contribution in [0, 0.1) is 5.92 Å². The zero-order valence-electron chi connectivity index (χ0n) is 17.7. The third-order valence-corrected chi connectivity index (χ3v) is 7.34. The molecule has 0 saturated carbocycles. The van der Waals surface area contributed by atoms with Crippen LogP contribution in [0.5, 0.6) is 0 Å². The summed E-state index contributed by atoms with van der Waals surface area (Å²) < 4.78 is 25.4. The number of aliphatic hydroxyl groups is 1. The number of anilines is 2. The minimum atomic E-state index is -3.60. The predicted octanol–water partition coefficient (Wildman–Crippen LogP) is 5.36.